The first-order valence-corrected chi connectivity index (χ1v) is 10.2. The minimum atomic E-state index is -2.73. The maximum atomic E-state index is 12.4. The molecule has 4 nitrogen and oxygen atoms in total. The largest absolute Gasteiger partial charge is 0.438 e. The SMILES string of the molecule is C/C=C(\C=NC)c1cccc(C(C)=O)c1.C=C(OC(=NC)C(F)F)c1ccc(CC)cc1. The van der Waals surface area contributed by atoms with Gasteiger partial charge in [-0.05, 0) is 43.0 Å². The van der Waals surface area contributed by atoms with E-state index in [0.717, 1.165) is 23.1 Å². The van der Waals surface area contributed by atoms with E-state index in [1.54, 1.807) is 32.3 Å². The van der Waals surface area contributed by atoms with Gasteiger partial charge in [-0.1, -0.05) is 62.0 Å². The summed E-state index contributed by atoms with van der Waals surface area (Å²) in [5.74, 6) is -0.358. The predicted octanol–water partition coefficient (Wildman–Crippen LogP) is 6.52. The summed E-state index contributed by atoms with van der Waals surface area (Å²) in [7, 11) is 2.99. The lowest BCUT2D eigenvalue weighted by Crippen LogP contribution is -2.13. The van der Waals surface area contributed by atoms with Gasteiger partial charge in [-0.15, -0.1) is 0 Å². The van der Waals surface area contributed by atoms with Crippen molar-refractivity contribution >= 4 is 29.2 Å². The van der Waals surface area contributed by atoms with Crippen LogP contribution in [0.1, 0.15) is 47.8 Å². The highest BCUT2D eigenvalue weighted by molar-refractivity contribution is 6.10. The Labute approximate surface area is 189 Å². The average Bonchev–Trinajstić information content (AvgIpc) is 2.81. The highest BCUT2D eigenvalue weighted by Gasteiger charge is 2.16. The highest BCUT2D eigenvalue weighted by atomic mass is 19.3. The third kappa shape index (κ3) is 8.38. The first-order chi connectivity index (χ1) is 15.3. The highest BCUT2D eigenvalue weighted by Crippen LogP contribution is 2.17. The summed E-state index contributed by atoms with van der Waals surface area (Å²) in [5, 5.41) is 0. The molecule has 0 aliphatic rings. The first kappa shape index (κ1) is 26.6. The Morgan fingerprint density at radius 3 is 2.19 bits per heavy atom. The summed E-state index contributed by atoms with van der Waals surface area (Å²) in [4.78, 5) is 18.6. The third-order valence-electron chi connectivity index (χ3n) is 4.50. The summed E-state index contributed by atoms with van der Waals surface area (Å²) >= 11 is 0. The number of hydrogen-bond acceptors (Lipinski definition) is 4. The molecule has 0 heterocycles. The molecule has 32 heavy (non-hydrogen) atoms. The monoisotopic (exact) mass is 440 g/mol. The number of alkyl halides is 2. The van der Waals surface area contributed by atoms with Crippen LogP contribution in [-0.2, 0) is 11.2 Å². The molecule has 2 rings (SSSR count). The van der Waals surface area contributed by atoms with Crippen molar-refractivity contribution in [2.75, 3.05) is 14.1 Å². The minimum Gasteiger partial charge on any atom is -0.438 e. The van der Waals surface area contributed by atoms with Crippen molar-refractivity contribution in [3.63, 3.8) is 0 Å². The molecule has 0 aliphatic carbocycles. The second-order valence-electron chi connectivity index (χ2n) is 6.71. The summed E-state index contributed by atoms with van der Waals surface area (Å²) in [6, 6.07) is 15.0. The van der Waals surface area contributed by atoms with Crippen molar-refractivity contribution < 1.29 is 18.3 Å². The zero-order chi connectivity index (χ0) is 24.1. The van der Waals surface area contributed by atoms with Gasteiger partial charge in [-0.25, -0.2) is 0 Å². The van der Waals surface area contributed by atoms with Crippen LogP contribution in [-0.4, -0.2) is 38.4 Å². The molecule has 0 amide bonds. The van der Waals surface area contributed by atoms with E-state index in [4.69, 9.17) is 4.74 Å². The van der Waals surface area contributed by atoms with Gasteiger partial charge in [-0.3, -0.25) is 14.8 Å². The molecule has 0 unspecified atom stereocenters. The number of aliphatic imine (C=N–C) groups is 2. The van der Waals surface area contributed by atoms with Gasteiger partial charge in [0.25, 0.3) is 5.90 Å². The van der Waals surface area contributed by atoms with Crippen LogP contribution in [0.4, 0.5) is 8.78 Å². The van der Waals surface area contributed by atoms with Crippen LogP contribution in [0.25, 0.3) is 11.3 Å². The molecule has 0 saturated carbocycles. The van der Waals surface area contributed by atoms with Crippen molar-refractivity contribution in [2.45, 2.75) is 33.6 Å². The van der Waals surface area contributed by atoms with E-state index in [9.17, 15) is 13.6 Å². The normalized spacial score (nSPS) is 11.9. The van der Waals surface area contributed by atoms with Crippen LogP contribution < -0.4 is 0 Å². The number of carbonyl (C=O) groups is 1. The number of ether oxygens (including phenoxy) is 1. The fourth-order valence-electron chi connectivity index (χ4n) is 2.67. The Balaban J connectivity index is 0.000000323. The lowest BCUT2D eigenvalue weighted by Gasteiger charge is -2.10. The van der Waals surface area contributed by atoms with E-state index < -0.39 is 12.3 Å². The molecule has 0 spiro atoms. The van der Waals surface area contributed by atoms with Crippen molar-refractivity contribution in [3.05, 3.63) is 83.4 Å². The average molecular weight is 441 g/mol. The summed E-state index contributed by atoms with van der Waals surface area (Å²) < 4.78 is 29.7. The number of aryl methyl sites for hydroxylation is 1. The van der Waals surface area contributed by atoms with Gasteiger partial charge in [-0.2, -0.15) is 8.78 Å². The molecule has 0 fully saturated rings. The maximum Gasteiger partial charge on any atom is 0.312 e. The molecule has 0 saturated heterocycles. The molecular weight excluding hydrogens is 410 g/mol. The number of carbonyl (C=O) groups excluding carboxylic acids is 1. The standard InChI is InChI=1S/C13H15F2NO.C13H15NO/c1-4-10-5-7-11(8-6-10)9(2)17-13(16-3)12(14)15;1-4-11(9-14-3)13-7-5-6-12(8-13)10(2)15/h5-8,12H,2,4H2,1,3H3;4-9H,1-3H3/b;11-4+,14-9?. The van der Waals surface area contributed by atoms with Gasteiger partial charge in [0.15, 0.2) is 5.78 Å². The molecule has 0 atom stereocenters. The second-order valence-corrected chi connectivity index (χ2v) is 6.71. The van der Waals surface area contributed by atoms with Gasteiger partial charge >= 0.3 is 6.43 Å². The Kier molecular flexibility index (Phi) is 11.5. The zero-order valence-electron chi connectivity index (χ0n) is 19.2. The van der Waals surface area contributed by atoms with Crippen molar-refractivity contribution in [1.82, 2.24) is 0 Å². The molecule has 0 aliphatic heterocycles. The second kappa shape index (κ2) is 13.8. The smallest absolute Gasteiger partial charge is 0.312 e. The first-order valence-electron chi connectivity index (χ1n) is 10.2. The Bertz CT molecular complexity index is 991. The minimum absolute atomic E-state index is 0.0840. The number of halogens is 2. The molecule has 0 aromatic heterocycles. The number of ketones is 1. The zero-order valence-corrected chi connectivity index (χ0v) is 19.2. The number of rotatable bonds is 7. The number of hydrogen-bond donors (Lipinski definition) is 0. The quantitative estimate of drug-likeness (QED) is 0.213. The third-order valence-corrected chi connectivity index (χ3v) is 4.50. The van der Waals surface area contributed by atoms with Crippen molar-refractivity contribution in [1.29, 1.82) is 0 Å². The van der Waals surface area contributed by atoms with Crippen LogP contribution in [0.2, 0.25) is 0 Å². The number of allylic oxidation sites excluding steroid dienone is 2. The molecule has 0 radical (unpaired) electrons. The van der Waals surface area contributed by atoms with Gasteiger partial charge < -0.3 is 4.74 Å². The fraction of sp³-hybridized carbons (Fsp3) is 0.269. The predicted molar refractivity (Wildman–Crippen MR) is 130 cm³/mol. The Morgan fingerprint density at radius 2 is 1.72 bits per heavy atom. The maximum absolute atomic E-state index is 12.4. The molecule has 6 heteroatoms. The van der Waals surface area contributed by atoms with Gasteiger partial charge in [0, 0.05) is 31.4 Å². The van der Waals surface area contributed by atoms with Crippen molar-refractivity contribution in [2.24, 2.45) is 9.98 Å². The molecule has 170 valence electrons. The van der Waals surface area contributed by atoms with E-state index >= 15 is 0 Å². The summed E-state index contributed by atoms with van der Waals surface area (Å²) in [6.07, 6.45) is 1.96. The van der Waals surface area contributed by atoms with E-state index in [2.05, 4.69) is 16.6 Å². The Hall–Kier alpha value is -3.41. The summed E-state index contributed by atoms with van der Waals surface area (Å²) in [6.45, 7) is 9.18. The summed E-state index contributed by atoms with van der Waals surface area (Å²) in [5.41, 5.74) is 4.62. The van der Waals surface area contributed by atoms with E-state index in [1.165, 1.54) is 12.6 Å². The molecule has 2 aromatic carbocycles. The lowest BCUT2D eigenvalue weighted by molar-refractivity contribution is 0.101. The van der Waals surface area contributed by atoms with Crippen LogP contribution in [0, 0.1) is 0 Å². The Morgan fingerprint density at radius 1 is 1.09 bits per heavy atom. The van der Waals surface area contributed by atoms with Crippen LogP contribution in [0.15, 0.2) is 71.2 Å². The van der Waals surface area contributed by atoms with Crippen LogP contribution in [0.5, 0.6) is 0 Å². The molecule has 0 N–H and O–H groups in total. The van der Waals surface area contributed by atoms with Gasteiger partial charge in [0.05, 0.1) is 0 Å². The van der Waals surface area contributed by atoms with E-state index in [1.807, 2.05) is 56.3 Å². The van der Waals surface area contributed by atoms with Crippen LogP contribution in [0.3, 0.4) is 0 Å². The number of Topliss-reactive ketones (excluding diaryl/α,β-unsaturated/α-hetero) is 1. The molecule has 2 aromatic rings. The van der Waals surface area contributed by atoms with Crippen molar-refractivity contribution in [3.8, 4) is 0 Å². The fourth-order valence-corrected chi connectivity index (χ4v) is 2.67. The van der Waals surface area contributed by atoms with Gasteiger partial charge in [0.1, 0.15) is 5.76 Å². The number of nitrogens with zero attached hydrogens (tertiary/aromatic N) is 2. The lowest BCUT2D eigenvalue weighted by atomic mass is 10.0. The van der Waals surface area contributed by atoms with Crippen LogP contribution >= 0.6 is 0 Å². The van der Waals surface area contributed by atoms with E-state index in [-0.39, 0.29) is 11.5 Å². The molecule has 0 bridgehead atoms. The topological polar surface area (TPSA) is 51.0 Å². The number of benzene rings is 2. The van der Waals surface area contributed by atoms with Gasteiger partial charge in [0.2, 0.25) is 0 Å². The molecular formula is C26H30F2N2O2. The van der Waals surface area contributed by atoms with E-state index in [0.29, 0.717) is 5.56 Å².